The van der Waals surface area contributed by atoms with Crippen molar-refractivity contribution in [1.29, 1.82) is 0 Å². The van der Waals surface area contributed by atoms with E-state index in [9.17, 15) is 0 Å². The molecule has 1 N–H and O–H groups in total. The second-order valence-electron chi connectivity index (χ2n) is 4.25. The molecule has 0 radical (unpaired) electrons. The van der Waals surface area contributed by atoms with Crippen LogP contribution < -0.4 is 17.7 Å². The molecule has 2 heterocycles. The maximum Gasteiger partial charge on any atom is 0.386 e. The third-order valence-corrected chi connectivity index (χ3v) is 3.17. The van der Waals surface area contributed by atoms with E-state index in [4.69, 9.17) is 14.2 Å². The van der Waals surface area contributed by atoms with Crippen LogP contribution in [-0.4, -0.2) is 70.4 Å². The van der Waals surface area contributed by atoms with Crippen molar-refractivity contribution in [3.63, 3.8) is 0 Å². The number of methoxy groups -OCH3 is 2. The first-order chi connectivity index (χ1) is 8.14. The van der Waals surface area contributed by atoms with Crippen LogP contribution in [0.5, 0.6) is 0 Å². The third kappa shape index (κ3) is 2.81. The van der Waals surface area contributed by atoms with Gasteiger partial charge in [0, 0.05) is 14.2 Å². The minimum atomic E-state index is -1.25. The quantitative estimate of drug-likeness (QED) is 0.418. The number of hydrogen-bond acceptors (Lipinski definition) is 6. The summed E-state index contributed by atoms with van der Waals surface area (Å²) in [4.78, 5) is 8.49. The van der Waals surface area contributed by atoms with Gasteiger partial charge in [-0.3, -0.25) is 9.80 Å². The highest BCUT2D eigenvalue weighted by Gasteiger charge is 2.39. The Morgan fingerprint density at radius 2 is 1.94 bits per heavy atom. The molecule has 0 aromatic carbocycles. The number of hydrogen-bond donors (Lipinski definition) is 1. The lowest BCUT2D eigenvalue weighted by atomic mass is 10.3. The van der Waals surface area contributed by atoms with Crippen LogP contribution >= 0.6 is 0 Å². The largest absolute Gasteiger partial charge is 1.00 e. The summed E-state index contributed by atoms with van der Waals surface area (Å²) in [5.74, 6) is 0.784. The van der Waals surface area contributed by atoms with E-state index in [0.29, 0.717) is 4.48 Å². The Hall–Kier alpha value is -0.730. The highest BCUT2D eigenvalue weighted by Crippen LogP contribution is 2.20. The van der Waals surface area contributed by atoms with Gasteiger partial charge in [-0.05, 0) is 0 Å². The summed E-state index contributed by atoms with van der Waals surface area (Å²) in [5.41, 5.74) is 0. The normalized spacial score (nSPS) is 24.7. The summed E-state index contributed by atoms with van der Waals surface area (Å²) in [6, 6.07) is -1.25. The molecule has 1 saturated heterocycles. The van der Waals surface area contributed by atoms with Gasteiger partial charge in [-0.15, -0.1) is 4.99 Å². The third-order valence-electron chi connectivity index (χ3n) is 3.17. The van der Waals surface area contributed by atoms with E-state index in [1.807, 2.05) is 0 Å². The minimum Gasteiger partial charge on any atom is -1.00 e. The number of morpholine rings is 1. The number of likely N-dealkylation sites (N-methyl/N-ethyl adjacent to an activating group) is 1. The zero-order valence-corrected chi connectivity index (χ0v) is 11.6. The van der Waals surface area contributed by atoms with Crippen LogP contribution in [0.2, 0.25) is 0 Å². The van der Waals surface area contributed by atoms with Crippen molar-refractivity contribution in [3.05, 3.63) is 0 Å². The average Bonchev–Trinajstić information content (AvgIpc) is 2.40. The molecular weight excluding hydrogens is 260 g/mol. The number of halogens is 1. The van der Waals surface area contributed by atoms with E-state index >= 15 is 0 Å². The van der Waals surface area contributed by atoms with E-state index in [1.54, 1.807) is 6.34 Å². The molecule has 0 atom stereocenters. The smallest absolute Gasteiger partial charge is 0.386 e. The van der Waals surface area contributed by atoms with Gasteiger partial charge in [0.1, 0.15) is 19.4 Å². The van der Waals surface area contributed by atoms with Crippen molar-refractivity contribution in [1.82, 2.24) is 5.32 Å². The Morgan fingerprint density at radius 1 is 1.33 bits per heavy atom. The van der Waals surface area contributed by atoms with E-state index < -0.39 is 6.03 Å². The number of aliphatic imine (C=N–C) groups is 2. The summed E-state index contributed by atoms with van der Waals surface area (Å²) in [6.45, 7) is 3.18. The molecule has 7 nitrogen and oxygen atoms in total. The van der Waals surface area contributed by atoms with Gasteiger partial charge in [-0.1, -0.05) is 0 Å². The molecule has 18 heavy (non-hydrogen) atoms. The molecular formula is C10H19ClN4O3. The summed E-state index contributed by atoms with van der Waals surface area (Å²) in [6.07, 6.45) is 1.56. The van der Waals surface area contributed by atoms with Gasteiger partial charge in [-0.2, -0.15) is 4.99 Å². The second-order valence-corrected chi connectivity index (χ2v) is 4.25. The fourth-order valence-electron chi connectivity index (χ4n) is 1.88. The Balaban J connectivity index is 0.00000162. The lowest BCUT2D eigenvalue weighted by Crippen LogP contribution is -3.00. The lowest BCUT2D eigenvalue weighted by molar-refractivity contribution is -0.833. The maximum atomic E-state index is 5.37. The summed E-state index contributed by atoms with van der Waals surface area (Å²) >= 11 is 0. The molecule has 0 saturated carbocycles. The van der Waals surface area contributed by atoms with Crippen molar-refractivity contribution in [2.24, 2.45) is 9.98 Å². The van der Waals surface area contributed by atoms with Crippen molar-refractivity contribution in [2.75, 3.05) is 47.6 Å². The molecule has 0 bridgehead atoms. The zero-order valence-electron chi connectivity index (χ0n) is 10.9. The molecule has 1 fully saturated rings. The van der Waals surface area contributed by atoms with Crippen LogP contribution in [0, 0.1) is 0 Å². The van der Waals surface area contributed by atoms with Gasteiger partial charge >= 0.3 is 12.0 Å². The van der Waals surface area contributed by atoms with E-state index in [-0.39, 0.29) is 12.4 Å². The number of nitrogens with zero attached hydrogens (tertiary/aromatic N) is 3. The highest BCUT2D eigenvalue weighted by molar-refractivity contribution is 5.87. The highest BCUT2D eigenvalue weighted by atomic mass is 35.5. The molecule has 0 unspecified atom stereocenters. The van der Waals surface area contributed by atoms with Gasteiger partial charge in [0.2, 0.25) is 0 Å². The minimum absolute atomic E-state index is 0. The number of guanidine groups is 1. The monoisotopic (exact) mass is 278 g/mol. The first kappa shape index (κ1) is 15.3. The van der Waals surface area contributed by atoms with Crippen LogP contribution in [0.4, 0.5) is 0 Å². The van der Waals surface area contributed by atoms with E-state index in [2.05, 4.69) is 22.3 Å². The van der Waals surface area contributed by atoms with E-state index in [1.165, 1.54) is 14.2 Å². The number of rotatable bonds is 2. The van der Waals surface area contributed by atoms with Crippen LogP contribution in [-0.2, 0) is 14.2 Å². The van der Waals surface area contributed by atoms with Crippen LogP contribution in [0.1, 0.15) is 0 Å². The standard InChI is InChI=1S/C10H19N4O3.ClH/c1-14(4-6-17-7-5-14)9-11-8-12-10(13-9,15-2)16-3;/h8H,4-7H2,1-3H3,(H,11,12,13);1H/q+1;/p-1. The summed E-state index contributed by atoms with van der Waals surface area (Å²) < 4.78 is 16.4. The Bertz CT molecular complexity index is 338. The zero-order chi connectivity index (χ0) is 12.4. The fourth-order valence-corrected chi connectivity index (χ4v) is 1.88. The Kier molecular flexibility index (Phi) is 5.06. The first-order valence-corrected chi connectivity index (χ1v) is 5.57. The van der Waals surface area contributed by atoms with Crippen LogP contribution in [0.3, 0.4) is 0 Å². The van der Waals surface area contributed by atoms with Crippen LogP contribution in [0.15, 0.2) is 9.98 Å². The molecule has 0 aromatic heterocycles. The molecule has 104 valence electrons. The second kappa shape index (κ2) is 5.94. The van der Waals surface area contributed by atoms with Crippen molar-refractivity contribution in [2.45, 2.75) is 6.03 Å². The summed E-state index contributed by atoms with van der Waals surface area (Å²) in [5, 5.41) is 3.07. The molecule has 2 aliphatic heterocycles. The van der Waals surface area contributed by atoms with Gasteiger partial charge in [0.15, 0.2) is 0 Å². The molecule has 0 aromatic rings. The first-order valence-electron chi connectivity index (χ1n) is 5.57. The topological polar surface area (TPSA) is 64.4 Å². The predicted molar refractivity (Wildman–Crippen MR) is 62.5 cm³/mol. The van der Waals surface area contributed by atoms with Gasteiger partial charge < -0.3 is 26.6 Å². The number of quaternary nitrogens is 1. The SMILES string of the molecule is COC1(OC)N=CNC([N+]2(C)CCOCC2)=N1.[Cl-]. The fraction of sp³-hybridized carbons (Fsp3) is 0.800. The molecule has 2 aliphatic rings. The van der Waals surface area contributed by atoms with Crippen LogP contribution in [0.25, 0.3) is 0 Å². The van der Waals surface area contributed by atoms with Gasteiger partial charge in [0.25, 0.3) is 0 Å². The number of nitrogens with one attached hydrogen (secondary N) is 1. The maximum absolute atomic E-state index is 5.37. The van der Waals surface area contributed by atoms with E-state index in [0.717, 1.165) is 32.3 Å². The number of ether oxygens (including phenoxy) is 3. The molecule has 0 aliphatic carbocycles. The van der Waals surface area contributed by atoms with Crippen molar-refractivity contribution in [3.8, 4) is 0 Å². The Morgan fingerprint density at radius 3 is 2.50 bits per heavy atom. The van der Waals surface area contributed by atoms with Gasteiger partial charge in [-0.25, -0.2) is 0 Å². The Labute approximate surface area is 113 Å². The predicted octanol–water partition coefficient (Wildman–Crippen LogP) is -3.64. The van der Waals surface area contributed by atoms with Crippen molar-refractivity contribution < 1.29 is 31.1 Å². The molecule has 0 amide bonds. The van der Waals surface area contributed by atoms with Crippen molar-refractivity contribution >= 4 is 12.3 Å². The molecule has 0 spiro atoms. The summed E-state index contributed by atoms with van der Waals surface area (Å²) in [7, 11) is 5.14. The molecule has 2 rings (SSSR count). The lowest BCUT2D eigenvalue weighted by Gasteiger charge is -2.38. The van der Waals surface area contributed by atoms with Gasteiger partial charge in [0.05, 0.1) is 20.3 Å². The molecule has 8 heteroatoms. The average molecular weight is 279 g/mol.